The molecule has 0 amide bonds. The first kappa shape index (κ1) is 9.41. The molecule has 80 valence electrons. The molecule has 2 unspecified atom stereocenters. The van der Waals surface area contributed by atoms with Crippen LogP contribution in [0.5, 0.6) is 0 Å². The van der Waals surface area contributed by atoms with Crippen molar-refractivity contribution in [3.8, 4) is 0 Å². The maximum atomic E-state index is 6.49. The fourth-order valence-corrected chi connectivity index (χ4v) is 3.33. The van der Waals surface area contributed by atoms with E-state index in [0.29, 0.717) is 5.92 Å². The van der Waals surface area contributed by atoms with Crippen molar-refractivity contribution in [1.29, 1.82) is 0 Å². The van der Waals surface area contributed by atoms with Gasteiger partial charge in [-0.25, -0.2) is 0 Å². The Morgan fingerprint density at radius 1 is 1.27 bits per heavy atom. The van der Waals surface area contributed by atoms with Crippen molar-refractivity contribution in [3.05, 3.63) is 35.4 Å². The van der Waals surface area contributed by atoms with Crippen molar-refractivity contribution in [3.63, 3.8) is 0 Å². The van der Waals surface area contributed by atoms with Gasteiger partial charge in [0, 0.05) is 5.54 Å². The van der Waals surface area contributed by atoms with E-state index in [9.17, 15) is 0 Å². The number of nitrogens with two attached hydrogens (primary N) is 1. The van der Waals surface area contributed by atoms with Crippen molar-refractivity contribution in [2.24, 2.45) is 17.6 Å². The maximum absolute atomic E-state index is 6.49. The molecule has 1 nitrogen and oxygen atoms in total. The molecule has 2 N–H and O–H groups in total. The highest BCUT2D eigenvalue weighted by Gasteiger charge is 2.55. The van der Waals surface area contributed by atoms with Gasteiger partial charge < -0.3 is 5.73 Å². The van der Waals surface area contributed by atoms with Crippen LogP contribution in [0.2, 0.25) is 0 Å². The van der Waals surface area contributed by atoms with Crippen LogP contribution in [0.1, 0.15) is 30.9 Å². The van der Waals surface area contributed by atoms with Crippen molar-refractivity contribution in [2.75, 3.05) is 0 Å². The fraction of sp³-hybridized carbons (Fsp3) is 0.571. The second kappa shape index (κ2) is 3.08. The van der Waals surface area contributed by atoms with Crippen LogP contribution in [-0.4, -0.2) is 5.54 Å². The lowest BCUT2D eigenvalue weighted by atomic mass is 9.92. The van der Waals surface area contributed by atoms with Gasteiger partial charge in [-0.15, -0.1) is 0 Å². The van der Waals surface area contributed by atoms with E-state index >= 15 is 0 Å². The summed E-state index contributed by atoms with van der Waals surface area (Å²) in [5.74, 6) is 1.50. The molecule has 0 bridgehead atoms. The molecule has 0 radical (unpaired) electrons. The zero-order valence-electron chi connectivity index (χ0n) is 9.37. The number of benzene rings is 1. The van der Waals surface area contributed by atoms with Crippen molar-refractivity contribution >= 4 is 0 Å². The first-order valence-corrected chi connectivity index (χ1v) is 6.09. The summed E-state index contributed by atoms with van der Waals surface area (Å²) in [5, 5.41) is 0. The minimum Gasteiger partial charge on any atom is -0.325 e. The second-order valence-electron chi connectivity index (χ2n) is 5.30. The average molecular weight is 201 g/mol. The van der Waals surface area contributed by atoms with Gasteiger partial charge in [0.15, 0.2) is 0 Å². The van der Waals surface area contributed by atoms with Crippen molar-refractivity contribution in [1.82, 2.24) is 0 Å². The van der Waals surface area contributed by atoms with Crippen molar-refractivity contribution in [2.45, 2.75) is 38.1 Å². The summed E-state index contributed by atoms with van der Waals surface area (Å²) in [6, 6.07) is 8.83. The molecule has 2 atom stereocenters. The molecular formula is C14H19N. The minimum absolute atomic E-state index is 0.174. The lowest BCUT2D eigenvalue weighted by Crippen LogP contribution is -2.35. The first-order valence-electron chi connectivity index (χ1n) is 6.09. The zero-order chi connectivity index (χ0) is 10.5. The summed E-state index contributed by atoms with van der Waals surface area (Å²) in [4.78, 5) is 0. The predicted octanol–water partition coefficient (Wildman–Crippen LogP) is 2.53. The maximum Gasteiger partial charge on any atom is 0.0221 e. The van der Waals surface area contributed by atoms with Gasteiger partial charge in [-0.1, -0.05) is 37.6 Å². The Hall–Kier alpha value is -0.820. The topological polar surface area (TPSA) is 26.0 Å². The van der Waals surface area contributed by atoms with E-state index in [-0.39, 0.29) is 5.54 Å². The van der Waals surface area contributed by atoms with E-state index in [1.807, 2.05) is 0 Å². The van der Waals surface area contributed by atoms with Gasteiger partial charge in [0.05, 0.1) is 0 Å². The minimum atomic E-state index is 0.174. The Morgan fingerprint density at radius 3 is 2.33 bits per heavy atom. The Labute approximate surface area is 91.7 Å². The summed E-state index contributed by atoms with van der Waals surface area (Å²) in [6.45, 7) is 2.27. The SMILES string of the molecule is CCC1CC1(N)C1Cc2ccccc2C1. The highest BCUT2D eigenvalue weighted by atomic mass is 14.9. The van der Waals surface area contributed by atoms with E-state index in [2.05, 4.69) is 31.2 Å². The standard InChI is InChI=1S/C14H19N/c1-2-12-9-14(12,15)13-7-10-5-3-4-6-11(10)8-13/h3-6,12-13H,2,7-9,15H2,1H3. The fourth-order valence-electron chi connectivity index (χ4n) is 3.33. The molecule has 3 rings (SSSR count). The van der Waals surface area contributed by atoms with Crippen LogP contribution in [0, 0.1) is 11.8 Å². The summed E-state index contributed by atoms with van der Waals surface area (Å²) in [7, 11) is 0. The molecule has 1 saturated carbocycles. The Kier molecular flexibility index (Phi) is 1.93. The average Bonchev–Trinajstić information content (AvgIpc) is 2.76. The molecule has 2 aliphatic carbocycles. The van der Waals surface area contributed by atoms with E-state index in [0.717, 1.165) is 5.92 Å². The number of hydrogen-bond donors (Lipinski definition) is 1. The summed E-state index contributed by atoms with van der Waals surface area (Å²) < 4.78 is 0. The molecule has 0 spiro atoms. The van der Waals surface area contributed by atoms with Crippen LogP contribution in [0.4, 0.5) is 0 Å². The molecule has 15 heavy (non-hydrogen) atoms. The molecule has 0 aliphatic heterocycles. The third-order valence-corrected chi connectivity index (χ3v) is 4.50. The molecule has 2 aliphatic rings. The number of rotatable bonds is 2. The largest absolute Gasteiger partial charge is 0.325 e. The molecule has 1 fully saturated rings. The van der Waals surface area contributed by atoms with Crippen LogP contribution < -0.4 is 5.73 Å². The normalized spacial score (nSPS) is 34.1. The summed E-state index contributed by atoms with van der Waals surface area (Å²) in [6.07, 6.45) is 4.93. The Morgan fingerprint density at radius 2 is 1.87 bits per heavy atom. The molecule has 1 heteroatoms. The molecule has 1 aromatic carbocycles. The van der Waals surface area contributed by atoms with Crippen LogP contribution in [0.15, 0.2) is 24.3 Å². The molecule has 1 aromatic rings. The Bertz CT molecular complexity index is 360. The second-order valence-corrected chi connectivity index (χ2v) is 5.30. The Balaban J connectivity index is 1.80. The first-order chi connectivity index (χ1) is 7.24. The van der Waals surface area contributed by atoms with Gasteiger partial charge in [0.1, 0.15) is 0 Å². The smallest absolute Gasteiger partial charge is 0.0221 e. The summed E-state index contributed by atoms with van der Waals surface area (Å²) >= 11 is 0. The van der Waals surface area contributed by atoms with Gasteiger partial charge in [0.2, 0.25) is 0 Å². The van der Waals surface area contributed by atoms with E-state index in [1.54, 1.807) is 0 Å². The van der Waals surface area contributed by atoms with Gasteiger partial charge in [0.25, 0.3) is 0 Å². The lowest BCUT2D eigenvalue weighted by Gasteiger charge is -2.19. The van der Waals surface area contributed by atoms with Gasteiger partial charge in [-0.05, 0) is 42.2 Å². The van der Waals surface area contributed by atoms with Crippen LogP contribution in [0.3, 0.4) is 0 Å². The number of fused-ring (bicyclic) bond motifs is 1. The quantitative estimate of drug-likeness (QED) is 0.781. The van der Waals surface area contributed by atoms with E-state index in [4.69, 9.17) is 5.73 Å². The lowest BCUT2D eigenvalue weighted by molar-refractivity contribution is 0.388. The molecule has 0 aromatic heterocycles. The van der Waals surface area contributed by atoms with E-state index < -0.39 is 0 Å². The third-order valence-electron chi connectivity index (χ3n) is 4.50. The molecule has 0 heterocycles. The van der Waals surface area contributed by atoms with Crippen LogP contribution >= 0.6 is 0 Å². The highest BCUT2D eigenvalue weighted by molar-refractivity contribution is 5.35. The zero-order valence-corrected chi connectivity index (χ0v) is 9.37. The third kappa shape index (κ3) is 1.33. The predicted molar refractivity (Wildman–Crippen MR) is 62.7 cm³/mol. The van der Waals surface area contributed by atoms with E-state index in [1.165, 1.54) is 36.8 Å². The van der Waals surface area contributed by atoms with Gasteiger partial charge >= 0.3 is 0 Å². The highest BCUT2D eigenvalue weighted by Crippen LogP contribution is 2.52. The van der Waals surface area contributed by atoms with Gasteiger partial charge in [-0.2, -0.15) is 0 Å². The molecule has 0 saturated heterocycles. The summed E-state index contributed by atoms with van der Waals surface area (Å²) in [5.41, 5.74) is 9.73. The van der Waals surface area contributed by atoms with Crippen LogP contribution in [-0.2, 0) is 12.8 Å². The molecular weight excluding hydrogens is 182 g/mol. The number of hydrogen-bond acceptors (Lipinski definition) is 1. The van der Waals surface area contributed by atoms with Crippen molar-refractivity contribution < 1.29 is 0 Å². The van der Waals surface area contributed by atoms with Gasteiger partial charge in [-0.3, -0.25) is 0 Å². The van der Waals surface area contributed by atoms with Crippen LogP contribution in [0.25, 0.3) is 0 Å². The monoisotopic (exact) mass is 201 g/mol.